The fraction of sp³-hybridized carbons (Fsp3) is 0.571. The van der Waals surface area contributed by atoms with E-state index < -0.39 is 0 Å². The zero-order chi connectivity index (χ0) is 12.5. The van der Waals surface area contributed by atoms with Crippen molar-refractivity contribution in [2.24, 2.45) is 5.73 Å². The SMILES string of the molecule is COc1ccc(OC)c(C2(N)CCCC2)c1C. The number of hydrogen-bond acceptors (Lipinski definition) is 3. The fourth-order valence-electron chi connectivity index (χ4n) is 2.93. The predicted molar refractivity (Wildman–Crippen MR) is 68.6 cm³/mol. The molecule has 1 saturated carbocycles. The van der Waals surface area contributed by atoms with E-state index in [-0.39, 0.29) is 5.54 Å². The van der Waals surface area contributed by atoms with Gasteiger partial charge in [0.2, 0.25) is 0 Å². The largest absolute Gasteiger partial charge is 0.496 e. The molecule has 1 aliphatic rings. The molecule has 0 unspecified atom stereocenters. The molecular weight excluding hydrogens is 214 g/mol. The third-order valence-electron chi connectivity index (χ3n) is 3.81. The number of methoxy groups -OCH3 is 2. The lowest BCUT2D eigenvalue weighted by molar-refractivity contribution is 0.368. The van der Waals surface area contributed by atoms with Crippen LogP contribution in [0.5, 0.6) is 11.5 Å². The van der Waals surface area contributed by atoms with Gasteiger partial charge in [0.15, 0.2) is 0 Å². The lowest BCUT2D eigenvalue weighted by atomic mass is 9.85. The molecule has 0 bridgehead atoms. The summed E-state index contributed by atoms with van der Waals surface area (Å²) < 4.78 is 10.8. The minimum atomic E-state index is -0.246. The van der Waals surface area contributed by atoms with Crippen molar-refractivity contribution in [3.05, 3.63) is 23.3 Å². The van der Waals surface area contributed by atoms with Crippen LogP contribution in [0.1, 0.15) is 36.8 Å². The van der Waals surface area contributed by atoms with Crippen LogP contribution in [0, 0.1) is 6.92 Å². The Hall–Kier alpha value is -1.22. The van der Waals surface area contributed by atoms with Crippen molar-refractivity contribution in [3.63, 3.8) is 0 Å². The highest BCUT2D eigenvalue weighted by atomic mass is 16.5. The lowest BCUT2D eigenvalue weighted by Gasteiger charge is -2.29. The Morgan fingerprint density at radius 2 is 1.59 bits per heavy atom. The van der Waals surface area contributed by atoms with E-state index in [4.69, 9.17) is 15.2 Å². The fourth-order valence-corrected chi connectivity index (χ4v) is 2.93. The van der Waals surface area contributed by atoms with Crippen LogP contribution in [0.15, 0.2) is 12.1 Å². The molecule has 3 heteroatoms. The minimum absolute atomic E-state index is 0.246. The first-order chi connectivity index (χ1) is 8.12. The first-order valence-electron chi connectivity index (χ1n) is 6.13. The van der Waals surface area contributed by atoms with Gasteiger partial charge in [-0.2, -0.15) is 0 Å². The van der Waals surface area contributed by atoms with E-state index in [1.54, 1.807) is 14.2 Å². The Labute approximate surface area is 103 Å². The average Bonchev–Trinajstić information content (AvgIpc) is 2.76. The molecule has 2 rings (SSSR count). The molecule has 3 nitrogen and oxygen atoms in total. The van der Waals surface area contributed by atoms with Crippen LogP contribution in [-0.2, 0) is 5.54 Å². The van der Waals surface area contributed by atoms with Gasteiger partial charge in [-0.3, -0.25) is 0 Å². The molecular formula is C14H21NO2. The second-order valence-electron chi connectivity index (χ2n) is 4.83. The Bertz CT molecular complexity index is 409. The van der Waals surface area contributed by atoms with Gasteiger partial charge in [0.25, 0.3) is 0 Å². The maximum atomic E-state index is 6.55. The van der Waals surface area contributed by atoms with Crippen molar-refractivity contribution < 1.29 is 9.47 Å². The van der Waals surface area contributed by atoms with Gasteiger partial charge in [0.1, 0.15) is 11.5 Å². The van der Waals surface area contributed by atoms with Gasteiger partial charge >= 0.3 is 0 Å². The summed E-state index contributed by atoms with van der Waals surface area (Å²) in [5, 5.41) is 0. The highest BCUT2D eigenvalue weighted by Crippen LogP contribution is 2.44. The maximum absolute atomic E-state index is 6.55. The quantitative estimate of drug-likeness (QED) is 0.876. The monoisotopic (exact) mass is 235 g/mol. The van der Waals surface area contributed by atoms with Gasteiger partial charge in [-0.15, -0.1) is 0 Å². The van der Waals surface area contributed by atoms with Crippen LogP contribution < -0.4 is 15.2 Å². The number of hydrogen-bond donors (Lipinski definition) is 1. The molecule has 0 heterocycles. The summed E-state index contributed by atoms with van der Waals surface area (Å²) in [6, 6.07) is 3.89. The molecule has 0 spiro atoms. The summed E-state index contributed by atoms with van der Waals surface area (Å²) in [5.74, 6) is 1.77. The van der Waals surface area contributed by atoms with E-state index in [2.05, 4.69) is 6.92 Å². The second kappa shape index (κ2) is 4.57. The van der Waals surface area contributed by atoms with E-state index >= 15 is 0 Å². The van der Waals surface area contributed by atoms with Crippen molar-refractivity contribution in [1.29, 1.82) is 0 Å². The van der Waals surface area contributed by atoms with E-state index in [9.17, 15) is 0 Å². The van der Waals surface area contributed by atoms with Crippen LogP contribution in [0.2, 0.25) is 0 Å². The molecule has 1 aromatic carbocycles. The number of benzene rings is 1. The van der Waals surface area contributed by atoms with Crippen molar-refractivity contribution in [1.82, 2.24) is 0 Å². The van der Waals surface area contributed by atoms with Crippen LogP contribution >= 0.6 is 0 Å². The van der Waals surface area contributed by atoms with Crippen LogP contribution in [0.3, 0.4) is 0 Å². The highest BCUT2D eigenvalue weighted by molar-refractivity contribution is 5.51. The lowest BCUT2D eigenvalue weighted by Crippen LogP contribution is -2.34. The first-order valence-corrected chi connectivity index (χ1v) is 6.13. The summed E-state index contributed by atoms with van der Waals surface area (Å²) in [6.45, 7) is 2.06. The molecule has 94 valence electrons. The smallest absolute Gasteiger partial charge is 0.124 e. The topological polar surface area (TPSA) is 44.5 Å². The molecule has 1 fully saturated rings. The average molecular weight is 235 g/mol. The van der Waals surface area contributed by atoms with Crippen molar-refractivity contribution in [3.8, 4) is 11.5 Å². The third-order valence-corrected chi connectivity index (χ3v) is 3.81. The Kier molecular flexibility index (Phi) is 3.29. The standard InChI is InChI=1S/C14H21NO2/c1-10-11(16-2)6-7-12(17-3)13(10)14(15)8-4-5-9-14/h6-7H,4-5,8-9,15H2,1-3H3. The van der Waals surface area contributed by atoms with Crippen molar-refractivity contribution in [2.75, 3.05) is 14.2 Å². The maximum Gasteiger partial charge on any atom is 0.124 e. The molecule has 0 saturated heterocycles. The molecule has 1 aromatic rings. The van der Waals surface area contributed by atoms with Gasteiger partial charge in [0.05, 0.1) is 14.2 Å². The number of nitrogens with two attached hydrogens (primary N) is 1. The van der Waals surface area contributed by atoms with Crippen molar-refractivity contribution in [2.45, 2.75) is 38.1 Å². The third kappa shape index (κ3) is 2.00. The zero-order valence-electron chi connectivity index (χ0n) is 10.9. The number of rotatable bonds is 3. The second-order valence-corrected chi connectivity index (χ2v) is 4.83. The Morgan fingerprint density at radius 1 is 1.06 bits per heavy atom. The minimum Gasteiger partial charge on any atom is -0.496 e. The predicted octanol–water partition coefficient (Wildman–Crippen LogP) is 2.74. The van der Waals surface area contributed by atoms with Gasteiger partial charge in [-0.25, -0.2) is 0 Å². The molecule has 17 heavy (non-hydrogen) atoms. The van der Waals surface area contributed by atoms with Crippen LogP contribution in [0.25, 0.3) is 0 Å². The van der Waals surface area contributed by atoms with Gasteiger partial charge in [-0.05, 0) is 37.5 Å². The molecule has 0 aromatic heterocycles. The van der Waals surface area contributed by atoms with Crippen molar-refractivity contribution >= 4 is 0 Å². The summed E-state index contributed by atoms with van der Waals surface area (Å²) in [7, 11) is 3.39. The van der Waals surface area contributed by atoms with E-state index in [0.717, 1.165) is 35.5 Å². The highest BCUT2D eigenvalue weighted by Gasteiger charge is 2.35. The number of ether oxygens (including phenoxy) is 2. The normalized spacial score (nSPS) is 18.1. The van der Waals surface area contributed by atoms with E-state index in [1.165, 1.54) is 12.8 Å². The van der Waals surface area contributed by atoms with Crippen LogP contribution in [0.4, 0.5) is 0 Å². The van der Waals surface area contributed by atoms with E-state index in [0.29, 0.717) is 0 Å². The van der Waals surface area contributed by atoms with Gasteiger partial charge in [-0.1, -0.05) is 12.8 Å². The van der Waals surface area contributed by atoms with Gasteiger partial charge in [0, 0.05) is 11.1 Å². The molecule has 0 amide bonds. The molecule has 0 aliphatic heterocycles. The summed E-state index contributed by atoms with van der Waals surface area (Å²) in [6.07, 6.45) is 4.43. The zero-order valence-corrected chi connectivity index (χ0v) is 10.9. The summed E-state index contributed by atoms with van der Waals surface area (Å²) >= 11 is 0. The van der Waals surface area contributed by atoms with Crippen LogP contribution in [-0.4, -0.2) is 14.2 Å². The first kappa shape index (κ1) is 12.2. The summed E-state index contributed by atoms with van der Waals surface area (Å²) in [5.41, 5.74) is 8.53. The Balaban J connectivity index is 2.56. The molecule has 0 atom stereocenters. The molecule has 2 N–H and O–H groups in total. The molecule has 1 aliphatic carbocycles. The van der Waals surface area contributed by atoms with E-state index in [1.807, 2.05) is 12.1 Å². The molecule has 0 radical (unpaired) electrons. The Morgan fingerprint density at radius 3 is 2.12 bits per heavy atom. The summed E-state index contributed by atoms with van der Waals surface area (Å²) in [4.78, 5) is 0. The van der Waals surface area contributed by atoms with Gasteiger partial charge < -0.3 is 15.2 Å².